The maximum atomic E-state index is 11.5. The first kappa shape index (κ1) is 14.8. The van der Waals surface area contributed by atoms with Crippen LogP contribution in [-0.2, 0) is 15.0 Å². The highest BCUT2D eigenvalue weighted by Crippen LogP contribution is 2.16. The molecule has 8 heteroatoms. The molecule has 1 rings (SSSR count). The van der Waals surface area contributed by atoms with E-state index < -0.39 is 10.2 Å². The standard InChI is InChI=1S/C10H15N3O3S2/c1-17-6-5-10(14)12-8-3-2-4-9(7-8)13-18(11,15)16/h2-4,7,13H,5-6H2,1H3,(H,12,14)(H2,11,15,16). The van der Waals surface area contributed by atoms with E-state index in [1.165, 1.54) is 6.07 Å². The molecule has 6 nitrogen and oxygen atoms in total. The van der Waals surface area contributed by atoms with Crippen molar-refractivity contribution in [1.82, 2.24) is 0 Å². The Morgan fingerprint density at radius 1 is 1.39 bits per heavy atom. The average molecular weight is 289 g/mol. The highest BCUT2D eigenvalue weighted by atomic mass is 32.2. The van der Waals surface area contributed by atoms with Crippen LogP contribution in [-0.4, -0.2) is 26.3 Å². The van der Waals surface area contributed by atoms with Crippen molar-refractivity contribution < 1.29 is 13.2 Å². The smallest absolute Gasteiger partial charge is 0.296 e. The first-order chi connectivity index (χ1) is 8.40. The predicted octanol–water partition coefficient (Wildman–Crippen LogP) is 0.994. The Bertz CT molecular complexity index is 517. The number of thioether (sulfide) groups is 1. The van der Waals surface area contributed by atoms with Crippen LogP contribution >= 0.6 is 11.8 Å². The van der Waals surface area contributed by atoms with Gasteiger partial charge in [-0.2, -0.15) is 20.2 Å². The van der Waals surface area contributed by atoms with Crippen molar-refractivity contribution in [1.29, 1.82) is 0 Å². The van der Waals surface area contributed by atoms with Crippen molar-refractivity contribution in [3.63, 3.8) is 0 Å². The summed E-state index contributed by atoms with van der Waals surface area (Å²) in [6.07, 6.45) is 2.33. The highest BCUT2D eigenvalue weighted by Gasteiger charge is 2.05. The third-order valence-corrected chi connectivity index (χ3v) is 3.07. The van der Waals surface area contributed by atoms with Crippen LogP contribution in [0.4, 0.5) is 11.4 Å². The lowest BCUT2D eigenvalue weighted by molar-refractivity contribution is -0.115. The van der Waals surface area contributed by atoms with Crippen molar-refractivity contribution in [2.75, 3.05) is 22.0 Å². The SMILES string of the molecule is CSCCC(=O)Nc1cccc(NS(N)(=O)=O)c1. The van der Waals surface area contributed by atoms with Crippen molar-refractivity contribution in [3.8, 4) is 0 Å². The van der Waals surface area contributed by atoms with Gasteiger partial charge in [0, 0.05) is 17.9 Å². The van der Waals surface area contributed by atoms with Gasteiger partial charge in [0.2, 0.25) is 5.91 Å². The fourth-order valence-corrected chi connectivity index (χ4v) is 2.09. The van der Waals surface area contributed by atoms with Crippen LogP contribution in [0.3, 0.4) is 0 Å². The summed E-state index contributed by atoms with van der Waals surface area (Å²) in [4.78, 5) is 11.5. The molecule has 0 fully saturated rings. The summed E-state index contributed by atoms with van der Waals surface area (Å²) in [5.41, 5.74) is 0.829. The van der Waals surface area contributed by atoms with E-state index in [0.717, 1.165) is 5.75 Å². The molecule has 0 radical (unpaired) electrons. The summed E-state index contributed by atoms with van der Waals surface area (Å²) in [6, 6.07) is 6.34. The Hall–Kier alpha value is -1.25. The quantitative estimate of drug-likeness (QED) is 0.727. The van der Waals surface area contributed by atoms with E-state index in [2.05, 4.69) is 10.0 Å². The summed E-state index contributed by atoms with van der Waals surface area (Å²) in [7, 11) is -3.80. The average Bonchev–Trinajstić information content (AvgIpc) is 2.24. The monoisotopic (exact) mass is 289 g/mol. The molecule has 0 heterocycles. The number of anilines is 2. The second kappa shape index (κ2) is 6.62. The zero-order chi connectivity index (χ0) is 13.6. The van der Waals surface area contributed by atoms with Crippen molar-refractivity contribution >= 4 is 39.3 Å². The molecule has 18 heavy (non-hydrogen) atoms. The molecule has 0 unspecified atom stereocenters. The molecule has 0 saturated carbocycles. The summed E-state index contributed by atoms with van der Waals surface area (Å²) >= 11 is 1.58. The number of carbonyl (C=O) groups excluding carboxylic acids is 1. The summed E-state index contributed by atoms with van der Waals surface area (Å²) in [5.74, 6) is 0.623. The van der Waals surface area contributed by atoms with Gasteiger partial charge in [0.15, 0.2) is 0 Å². The molecule has 1 aromatic carbocycles. The van der Waals surface area contributed by atoms with E-state index >= 15 is 0 Å². The molecule has 4 N–H and O–H groups in total. The van der Waals surface area contributed by atoms with Crippen LogP contribution in [0.2, 0.25) is 0 Å². The van der Waals surface area contributed by atoms with Crippen LogP contribution in [0, 0.1) is 0 Å². The molecule has 0 aliphatic heterocycles. The topological polar surface area (TPSA) is 101 Å². The summed E-state index contributed by atoms with van der Waals surface area (Å²) in [5, 5.41) is 7.53. The lowest BCUT2D eigenvalue weighted by atomic mass is 10.3. The zero-order valence-corrected chi connectivity index (χ0v) is 11.5. The maximum Gasteiger partial charge on any atom is 0.296 e. The minimum absolute atomic E-state index is 0.114. The Morgan fingerprint density at radius 3 is 2.67 bits per heavy atom. The highest BCUT2D eigenvalue weighted by molar-refractivity contribution is 7.98. The van der Waals surface area contributed by atoms with E-state index in [0.29, 0.717) is 17.8 Å². The lowest BCUT2D eigenvalue weighted by Crippen LogP contribution is -2.21. The van der Waals surface area contributed by atoms with Gasteiger partial charge >= 0.3 is 0 Å². The minimum Gasteiger partial charge on any atom is -0.326 e. The molecule has 1 aromatic rings. The molecule has 0 spiro atoms. The van der Waals surface area contributed by atoms with Gasteiger partial charge in [0.1, 0.15) is 0 Å². The first-order valence-corrected chi connectivity index (χ1v) is 8.04. The third kappa shape index (κ3) is 5.89. The molecule has 0 aliphatic carbocycles. The zero-order valence-electron chi connectivity index (χ0n) is 9.84. The van der Waals surface area contributed by atoms with E-state index in [4.69, 9.17) is 5.14 Å². The van der Waals surface area contributed by atoms with Gasteiger partial charge in [0.05, 0.1) is 5.69 Å². The van der Waals surface area contributed by atoms with Crippen LogP contribution in [0.1, 0.15) is 6.42 Å². The van der Waals surface area contributed by atoms with Gasteiger partial charge in [-0.1, -0.05) is 6.07 Å². The minimum atomic E-state index is -3.80. The van der Waals surface area contributed by atoms with Gasteiger partial charge in [0.25, 0.3) is 10.2 Å². The van der Waals surface area contributed by atoms with Gasteiger partial charge in [-0.15, -0.1) is 0 Å². The molecule has 0 bridgehead atoms. The molecule has 100 valence electrons. The number of amides is 1. The third-order valence-electron chi connectivity index (χ3n) is 1.94. The second-order valence-corrected chi connectivity index (χ2v) is 5.80. The Labute approximate surface area is 111 Å². The van der Waals surface area contributed by atoms with Crippen LogP contribution in [0.5, 0.6) is 0 Å². The number of carbonyl (C=O) groups is 1. The molecular weight excluding hydrogens is 274 g/mol. The van der Waals surface area contributed by atoms with Crippen LogP contribution in [0.25, 0.3) is 0 Å². The number of rotatable bonds is 6. The van der Waals surface area contributed by atoms with Gasteiger partial charge in [-0.3, -0.25) is 9.52 Å². The van der Waals surface area contributed by atoms with Crippen molar-refractivity contribution in [2.24, 2.45) is 5.14 Å². The number of benzene rings is 1. The normalized spacial score (nSPS) is 11.0. The van der Waals surface area contributed by atoms with Gasteiger partial charge in [-0.25, -0.2) is 5.14 Å². The largest absolute Gasteiger partial charge is 0.326 e. The molecule has 1 amide bonds. The summed E-state index contributed by atoms with van der Waals surface area (Å²) in [6.45, 7) is 0. The Morgan fingerprint density at radius 2 is 2.06 bits per heavy atom. The molecular formula is C10H15N3O3S2. The van der Waals surface area contributed by atoms with Crippen molar-refractivity contribution in [3.05, 3.63) is 24.3 Å². The Balaban J connectivity index is 2.68. The fraction of sp³-hybridized carbons (Fsp3) is 0.300. The van der Waals surface area contributed by atoms with Gasteiger partial charge < -0.3 is 5.32 Å². The predicted molar refractivity (Wildman–Crippen MR) is 74.8 cm³/mol. The van der Waals surface area contributed by atoms with Crippen LogP contribution < -0.4 is 15.2 Å². The van der Waals surface area contributed by atoms with Gasteiger partial charge in [-0.05, 0) is 24.5 Å². The number of hydrogen-bond donors (Lipinski definition) is 3. The van der Waals surface area contributed by atoms with Crippen LogP contribution in [0.15, 0.2) is 24.3 Å². The molecule has 0 aromatic heterocycles. The number of hydrogen-bond acceptors (Lipinski definition) is 4. The number of nitrogens with one attached hydrogen (secondary N) is 2. The van der Waals surface area contributed by atoms with E-state index in [9.17, 15) is 13.2 Å². The molecule has 0 saturated heterocycles. The first-order valence-electron chi connectivity index (χ1n) is 5.10. The van der Waals surface area contributed by atoms with Crippen molar-refractivity contribution in [2.45, 2.75) is 6.42 Å². The molecule has 0 atom stereocenters. The lowest BCUT2D eigenvalue weighted by Gasteiger charge is -2.07. The maximum absolute atomic E-state index is 11.5. The molecule has 0 aliphatic rings. The second-order valence-electron chi connectivity index (χ2n) is 3.52. The van der Waals surface area contributed by atoms with E-state index in [-0.39, 0.29) is 5.91 Å². The Kier molecular flexibility index (Phi) is 5.45. The summed E-state index contributed by atoms with van der Waals surface area (Å²) < 4.78 is 23.8. The number of nitrogens with two attached hydrogens (primary N) is 1. The van der Waals surface area contributed by atoms with E-state index in [1.54, 1.807) is 30.0 Å². The van der Waals surface area contributed by atoms with E-state index in [1.807, 2.05) is 6.26 Å². The fourth-order valence-electron chi connectivity index (χ4n) is 1.24.